The van der Waals surface area contributed by atoms with Crippen LogP contribution < -0.4 is 5.43 Å². The predicted octanol–water partition coefficient (Wildman–Crippen LogP) is 4.13. The van der Waals surface area contributed by atoms with E-state index in [0.29, 0.717) is 4.47 Å². The first kappa shape index (κ1) is 13.5. The Kier molecular flexibility index (Phi) is 4.36. The minimum absolute atomic E-state index is 0.171. The molecule has 94 valence electrons. The second kappa shape index (κ2) is 5.81. The lowest BCUT2D eigenvalue weighted by molar-refractivity contribution is 0.471. The van der Waals surface area contributed by atoms with Gasteiger partial charge in [0.2, 0.25) is 5.13 Å². The summed E-state index contributed by atoms with van der Waals surface area (Å²) in [7, 11) is 0. The summed E-state index contributed by atoms with van der Waals surface area (Å²) >= 11 is 8.13. The van der Waals surface area contributed by atoms with Gasteiger partial charge in [0.05, 0.1) is 16.4 Å². The van der Waals surface area contributed by atoms with Gasteiger partial charge in [0.1, 0.15) is 5.75 Å². The third kappa shape index (κ3) is 3.30. The molecule has 1 aromatic carbocycles. The molecule has 0 bridgehead atoms. The van der Waals surface area contributed by atoms with E-state index < -0.39 is 0 Å². The van der Waals surface area contributed by atoms with Crippen molar-refractivity contribution in [3.05, 3.63) is 37.7 Å². The number of hydrogen-bond donors (Lipinski definition) is 2. The number of aromatic hydroxyl groups is 1. The molecular formula is C11H9Br2N3OS. The minimum Gasteiger partial charge on any atom is -0.507 e. The number of aryl methyl sites for hydroxylation is 1. The van der Waals surface area contributed by atoms with Gasteiger partial charge in [-0.3, -0.25) is 5.43 Å². The van der Waals surface area contributed by atoms with Crippen molar-refractivity contribution < 1.29 is 5.11 Å². The lowest BCUT2D eigenvalue weighted by atomic mass is 10.2. The van der Waals surface area contributed by atoms with E-state index in [2.05, 4.69) is 47.4 Å². The smallest absolute Gasteiger partial charge is 0.203 e. The number of nitrogens with one attached hydrogen (secondary N) is 1. The van der Waals surface area contributed by atoms with Crippen LogP contribution in [0.3, 0.4) is 0 Å². The third-order valence-electron chi connectivity index (χ3n) is 2.05. The molecule has 0 saturated heterocycles. The maximum atomic E-state index is 9.58. The van der Waals surface area contributed by atoms with Gasteiger partial charge < -0.3 is 5.11 Å². The van der Waals surface area contributed by atoms with E-state index in [1.54, 1.807) is 18.3 Å². The number of hydrazone groups is 1. The van der Waals surface area contributed by atoms with Crippen LogP contribution >= 0.6 is 43.2 Å². The molecule has 0 aliphatic carbocycles. The molecule has 0 radical (unpaired) electrons. The fourth-order valence-corrected chi connectivity index (χ4v) is 2.95. The Hall–Kier alpha value is -0.920. The number of anilines is 1. The molecule has 2 rings (SSSR count). The Labute approximate surface area is 125 Å². The molecule has 4 nitrogen and oxygen atoms in total. The average molecular weight is 391 g/mol. The molecule has 1 aromatic heterocycles. The second-order valence-corrected chi connectivity index (χ2v) is 6.06. The van der Waals surface area contributed by atoms with E-state index >= 15 is 0 Å². The number of rotatable bonds is 3. The van der Waals surface area contributed by atoms with Crippen LogP contribution in [0.1, 0.15) is 11.3 Å². The molecule has 0 saturated carbocycles. The molecule has 0 atom stereocenters. The molecular weight excluding hydrogens is 382 g/mol. The summed E-state index contributed by atoms with van der Waals surface area (Å²) in [4.78, 5) is 4.22. The first-order valence-corrected chi connectivity index (χ1v) is 7.42. The van der Waals surface area contributed by atoms with Gasteiger partial charge in [0.15, 0.2) is 0 Å². The molecule has 18 heavy (non-hydrogen) atoms. The van der Waals surface area contributed by atoms with Gasteiger partial charge in [-0.1, -0.05) is 15.9 Å². The van der Waals surface area contributed by atoms with Crippen LogP contribution in [0.4, 0.5) is 5.13 Å². The quantitative estimate of drug-likeness (QED) is 0.611. The zero-order chi connectivity index (χ0) is 13.1. The lowest BCUT2D eigenvalue weighted by Crippen LogP contribution is -1.91. The predicted molar refractivity (Wildman–Crippen MR) is 81.6 cm³/mol. The van der Waals surface area contributed by atoms with Crippen LogP contribution in [0, 0.1) is 6.92 Å². The van der Waals surface area contributed by atoms with Gasteiger partial charge in [0, 0.05) is 15.4 Å². The highest BCUT2D eigenvalue weighted by Gasteiger charge is 2.03. The standard InChI is InChI=1S/C11H9Br2N3OS/c1-6-5-18-11(15-6)16-14-4-7-2-10(17)9(13)3-8(7)12/h2-5,17H,1H3,(H,15,16). The molecule has 0 fully saturated rings. The topological polar surface area (TPSA) is 57.5 Å². The number of nitrogens with zero attached hydrogens (tertiary/aromatic N) is 2. The van der Waals surface area contributed by atoms with Crippen LogP contribution in [0.5, 0.6) is 5.75 Å². The third-order valence-corrected chi connectivity index (χ3v) is 4.24. The summed E-state index contributed by atoms with van der Waals surface area (Å²) in [5.74, 6) is 0.171. The summed E-state index contributed by atoms with van der Waals surface area (Å²) in [5, 5.41) is 16.3. The van der Waals surface area contributed by atoms with Gasteiger partial charge in [0.25, 0.3) is 0 Å². The molecule has 0 aliphatic rings. The first-order chi connectivity index (χ1) is 8.56. The number of halogens is 2. The van der Waals surface area contributed by atoms with Crippen LogP contribution in [0.25, 0.3) is 0 Å². The number of aromatic nitrogens is 1. The zero-order valence-corrected chi connectivity index (χ0v) is 13.3. The summed E-state index contributed by atoms with van der Waals surface area (Å²) in [6.07, 6.45) is 1.62. The van der Waals surface area contributed by atoms with Crippen molar-refractivity contribution in [1.82, 2.24) is 4.98 Å². The summed E-state index contributed by atoms with van der Waals surface area (Å²) in [5.41, 5.74) is 4.57. The van der Waals surface area contributed by atoms with E-state index in [9.17, 15) is 5.11 Å². The van der Waals surface area contributed by atoms with Crippen molar-refractivity contribution in [2.45, 2.75) is 6.92 Å². The van der Waals surface area contributed by atoms with E-state index in [4.69, 9.17) is 0 Å². The maximum Gasteiger partial charge on any atom is 0.203 e. The fourth-order valence-electron chi connectivity index (χ4n) is 1.22. The van der Waals surface area contributed by atoms with Crippen LogP contribution in [-0.2, 0) is 0 Å². The maximum absolute atomic E-state index is 9.58. The SMILES string of the molecule is Cc1csc(NN=Cc2cc(O)c(Br)cc2Br)n1. The number of hydrogen-bond acceptors (Lipinski definition) is 5. The Morgan fingerprint density at radius 3 is 2.83 bits per heavy atom. The number of phenolic OH excluding ortho intramolecular Hbond substituents is 1. The first-order valence-electron chi connectivity index (χ1n) is 4.95. The molecule has 0 spiro atoms. The Balaban J connectivity index is 2.11. The van der Waals surface area contributed by atoms with E-state index in [-0.39, 0.29) is 5.75 Å². The van der Waals surface area contributed by atoms with Gasteiger partial charge in [-0.25, -0.2) is 4.98 Å². The number of phenols is 1. The number of benzene rings is 1. The van der Waals surface area contributed by atoms with Crippen molar-refractivity contribution >= 4 is 54.5 Å². The monoisotopic (exact) mass is 389 g/mol. The Morgan fingerprint density at radius 1 is 1.39 bits per heavy atom. The summed E-state index contributed by atoms with van der Waals surface area (Å²) in [6.45, 7) is 1.93. The van der Waals surface area contributed by atoms with Crippen LogP contribution in [0.2, 0.25) is 0 Å². The van der Waals surface area contributed by atoms with Gasteiger partial charge in [-0.15, -0.1) is 11.3 Å². The van der Waals surface area contributed by atoms with E-state index in [0.717, 1.165) is 20.9 Å². The fraction of sp³-hybridized carbons (Fsp3) is 0.0909. The van der Waals surface area contributed by atoms with Crippen molar-refractivity contribution in [2.24, 2.45) is 5.10 Å². The van der Waals surface area contributed by atoms with Gasteiger partial charge >= 0.3 is 0 Å². The molecule has 2 N–H and O–H groups in total. The molecule has 0 amide bonds. The van der Waals surface area contributed by atoms with Crippen molar-refractivity contribution in [3.8, 4) is 5.75 Å². The summed E-state index contributed by atoms with van der Waals surface area (Å²) in [6, 6.07) is 3.39. The minimum atomic E-state index is 0.171. The highest BCUT2D eigenvalue weighted by Crippen LogP contribution is 2.29. The van der Waals surface area contributed by atoms with Crippen molar-refractivity contribution in [1.29, 1.82) is 0 Å². The van der Waals surface area contributed by atoms with Crippen LogP contribution in [0.15, 0.2) is 31.6 Å². The Morgan fingerprint density at radius 2 is 2.17 bits per heavy atom. The molecule has 0 aliphatic heterocycles. The van der Waals surface area contributed by atoms with Gasteiger partial charge in [-0.05, 0) is 35.0 Å². The van der Waals surface area contributed by atoms with Crippen molar-refractivity contribution in [2.75, 3.05) is 5.43 Å². The summed E-state index contributed by atoms with van der Waals surface area (Å²) < 4.78 is 1.48. The molecule has 1 heterocycles. The van der Waals surface area contributed by atoms with E-state index in [1.807, 2.05) is 12.3 Å². The Bertz CT molecular complexity index is 598. The zero-order valence-electron chi connectivity index (χ0n) is 9.32. The van der Waals surface area contributed by atoms with Crippen LogP contribution in [-0.4, -0.2) is 16.3 Å². The molecule has 7 heteroatoms. The largest absolute Gasteiger partial charge is 0.507 e. The second-order valence-electron chi connectivity index (χ2n) is 3.49. The average Bonchev–Trinajstić information content (AvgIpc) is 2.71. The van der Waals surface area contributed by atoms with Crippen molar-refractivity contribution in [3.63, 3.8) is 0 Å². The highest BCUT2D eigenvalue weighted by atomic mass is 79.9. The molecule has 2 aromatic rings. The molecule has 0 unspecified atom stereocenters. The van der Waals surface area contributed by atoms with E-state index in [1.165, 1.54) is 11.3 Å². The normalized spacial score (nSPS) is 11.1. The van der Waals surface area contributed by atoms with Gasteiger partial charge in [-0.2, -0.15) is 5.10 Å². The lowest BCUT2D eigenvalue weighted by Gasteiger charge is -2.02. The number of thiazole rings is 1. The highest BCUT2D eigenvalue weighted by molar-refractivity contribution is 9.11.